The molecule has 112 valence electrons. The first kappa shape index (κ1) is 15.2. The lowest BCUT2D eigenvalue weighted by atomic mass is 10.1. The maximum atomic E-state index is 6.29. The molecule has 2 rings (SSSR count). The number of rotatable bonds is 5. The molecule has 0 aliphatic heterocycles. The first-order valence-electron chi connectivity index (χ1n) is 7.79. The highest BCUT2D eigenvalue weighted by atomic mass is 16.5. The van der Waals surface area contributed by atoms with Crippen molar-refractivity contribution in [3.8, 4) is 11.5 Å². The van der Waals surface area contributed by atoms with Crippen molar-refractivity contribution in [3.05, 3.63) is 23.8 Å². The van der Waals surface area contributed by atoms with Crippen LogP contribution >= 0.6 is 0 Å². The summed E-state index contributed by atoms with van der Waals surface area (Å²) in [5.74, 6) is 1.71. The van der Waals surface area contributed by atoms with Crippen molar-refractivity contribution in [2.45, 2.75) is 58.1 Å². The Morgan fingerprint density at radius 3 is 2.70 bits per heavy atom. The van der Waals surface area contributed by atoms with E-state index in [9.17, 15) is 0 Å². The van der Waals surface area contributed by atoms with E-state index in [1.165, 1.54) is 31.2 Å². The summed E-state index contributed by atoms with van der Waals surface area (Å²) in [6, 6.07) is 6.60. The van der Waals surface area contributed by atoms with Crippen LogP contribution in [0.1, 0.15) is 44.6 Å². The van der Waals surface area contributed by atoms with Crippen molar-refractivity contribution in [1.82, 2.24) is 5.32 Å². The molecule has 1 aromatic rings. The van der Waals surface area contributed by atoms with Crippen molar-refractivity contribution in [1.29, 1.82) is 0 Å². The fraction of sp³-hybridized carbons (Fsp3) is 0.647. The van der Waals surface area contributed by atoms with Gasteiger partial charge >= 0.3 is 0 Å². The fourth-order valence-electron chi connectivity index (χ4n) is 2.95. The number of hydrogen-bond acceptors (Lipinski definition) is 3. The number of likely N-dealkylation sites (N-methyl/N-ethyl adjacent to an activating group) is 1. The first-order valence-corrected chi connectivity index (χ1v) is 7.79. The molecule has 1 N–H and O–H groups in total. The standard InChI is InChI=1S/C17H27NO2/c1-4-18-14-8-6-5-7-9-15(14)20-16-11-10-13(2)12-17(16)19-3/h10-12,14-15,18H,4-9H2,1-3H3. The summed E-state index contributed by atoms with van der Waals surface area (Å²) >= 11 is 0. The third-order valence-corrected chi connectivity index (χ3v) is 4.02. The van der Waals surface area contributed by atoms with Crippen molar-refractivity contribution in [3.63, 3.8) is 0 Å². The summed E-state index contributed by atoms with van der Waals surface area (Å²) in [4.78, 5) is 0. The predicted octanol–water partition coefficient (Wildman–Crippen LogP) is 3.69. The average molecular weight is 277 g/mol. The predicted molar refractivity (Wildman–Crippen MR) is 82.7 cm³/mol. The summed E-state index contributed by atoms with van der Waals surface area (Å²) in [6.45, 7) is 5.23. The highest BCUT2D eigenvalue weighted by Crippen LogP contribution is 2.31. The van der Waals surface area contributed by atoms with Crippen molar-refractivity contribution >= 4 is 0 Å². The molecule has 0 amide bonds. The van der Waals surface area contributed by atoms with E-state index < -0.39 is 0 Å². The van der Waals surface area contributed by atoms with Crippen LogP contribution in [-0.2, 0) is 0 Å². The lowest BCUT2D eigenvalue weighted by Crippen LogP contribution is -2.42. The Labute approximate surface area is 122 Å². The molecule has 1 aromatic carbocycles. The van der Waals surface area contributed by atoms with Crippen molar-refractivity contribution in [2.75, 3.05) is 13.7 Å². The monoisotopic (exact) mass is 277 g/mol. The minimum atomic E-state index is 0.244. The topological polar surface area (TPSA) is 30.5 Å². The number of ether oxygens (including phenoxy) is 2. The van der Waals surface area contributed by atoms with Crippen molar-refractivity contribution < 1.29 is 9.47 Å². The van der Waals surface area contributed by atoms with Crippen molar-refractivity contribution in [2.24, 2.45) is 0 Å². The largest absolute Gasteiger partial charge is 0.493 e. The molecule has 0 spiro atoms. The molecule has 0 radical (unpaired) electrons. The molecule has 1 fully saturated rings. The maximum absolute atomic E-state index is 6.29. The molecule has 0 aromatic heterocycles. The summed E-state index contributed by atoms with van der Waals surface area (Å²) < 4.78 is 11.7. The minimum Gasteiger partial charge on any atom is -0.493 e. The van der Waals surface area contributed by atoms with Crippen LogP contribution in [0.25, 0.3) is 0 Å². The smallest absolute Gasteiger partial charge is 0.161 e. The fourth-order valence-corrected chi connectivity index (χ4v) is 2.95. The Kier molecular flexibility index (Phi) is 5.72. The van der Waals surface area contributed by atoms with E-state index in [0.717, 1.165) is 24.5 Å². The zero-order valence-electron chi connectivity index (χ0n) is 12.9. The number of methoxy groups -OCH3 is 1. The highest BCUT2D eigenvalue weighted by molar-refractivity contribution is 5.42. The average Bonchev–Trinajstić information content (AvgIpc) is 2.67. The van der Waals surface area contributed by atoms with Gasteiger partial charge in [-0.05, 0) is 50.4 Å². The zero-order valence-corrected chi connectivity index (χ0v) is 12.9. The van der Waals surface area contributed by atoms with Crippen LogP contribution in [0.15, 0.2) is 18.2 Å². The second-order valence-electron chi connectivity index (χ2n) is 5.61. The van der Waals surface area contributed by atoms with E-state index in [4.69, 9.17) is 9.47 Å². The molecule has 1 saturated carbocycles. The highest BCUT2D eigenvalue weighted by Gasteiger charge is 2.25. The van der Waals surface area contributed by atoms with Gasteiger partial charge in [-0.3, -0.25) is 0 Å². The van der Waals surface area contributed by atoms with Gasteiger partial charge in [0.15, 0.2) is 11.5 Å². The molecule has 3 nitrogen and oxygen atoms in total. The molecule has 1 aliphatic rings. The van der Waals surface area contributed by atoms with Crippen LogP contribution in [0.4, 0.5) is 0 Å². The van der Waals surface area contributed by atoms with Crippen LogP contribution < -0.4 is 14.8 Å². The van der Waals surface area contributed by atoms with E-state index in [1.807, 2.05) is 12.1 Å². The summed E-state index contributed by atoms with van der Waals surface area (Å²) in [5.41, 5.74) is 1.19. The van der Waals surface area contributed by atoms with Gasteiger partial charge in [0.1, 0.15) is 6.10 Å². The van der Waals surface area contributed by atoms with Crippen LogP contribution in [0.3, 0.4) is 0 Å². The second-order valence-corrected chi connectivity index (χ2v) is 5.61. The van der Waals surface area contributed by atoms with E-state index >= 15 is 0 Å². The van der Waals surface area contributed by atoms with Gasteiger partial charge in [0.05, 0.1) is 7.11 Å². The Bertz CT molecular complexity index is 419. The number of nitrogens with one attached hydrogen (secondary N) is 1. The van der Waals surface area contributed by atoms with Gasteiger partial charge in [0.25, 0.3) is 0 Å². The number of hydrogen-bond donors (Lipinski definition) is 1. The van der Waals surface area contributed by atoms with Crippen LogP contribution in [0, 0.1) is 6.92 Å². The van der Waals surface area contributed by atoms with E-state index in [1.54, 1.807) is 7.11 Å². The lowest BCUT2D eigenvalue weighted by molar-refractivity contribution is 0.140. The van der Waals surface area contributed by atoms with E-state index in [-0.39, 0.29) is 6.10 Å². The zero-order chi connectivity index (χ0) is 14.4. The van der Waals surface area contributed by atoms with E-state index in [2.05, 4.69) is 25.2 Å². The van der Waals surface area contributed by atoms with Gasteiger partial charge in [-0.15, -0.1) is 0 Å². The SMILES string of the molecule is CCNC1CCCCCC1Oc1ccc(C)cc1OC. The maximum Gasteiger partial charge on any atom is 0.161 e. The molecular formula is C17H27NO2. The van der Waals surface area contributed by atoms with Crippen LogP contribution in [-0.4, -0.2) is 25.8 Å². The summed E-state index contributed by atoms with van der Waals surface area (Å²) in [6.07, 6.45) is 6.42. The number of benzene rings is 1. The van der Waals surface area contributed by atoms with Gasteiger partial charge in [-0.25, -0.2) is 0 Å². The number of aryl methyl sites for hydroxylation is 1. The molecule has 0 bridgehead atoms. The molecular weight excluding hydrogens is 250 g/mol. The third-order valence-electron chi connectivity index (χ3n) is 4.02. The summed E-state index contributed by atoms with van der Waals surface area (Å²) in [5, 5.41) is 3.58. The molecule has 3 heteroatoms. The Balaban J connectivity index is 2.12. The normalized spacial score (nSPS) is 23.1. The first-order chi connectivity index (χ1) is 9.74. The summed E-state index contributed by atoms with van der Waals surface area (Å²) in [7, 11) is 1.70. The molecule has 0 saturated heterocycles. The Morgan fingerprint density at radius 2 is 1.95 bits per heavy atom. The van der Waals surface area contributed by atoms with Gasteiger partial charge in [0.2, 0.25) is 0 Å². The lowest BCUT2D eigenvalue weighted by Gasteiger charge is -2.27. The Morgan fingerprint density at radius 1 is 1.15 bits per heavy atom. The van der Waals surface area contributed by atoms with Gasteiger partial charge in [-0.2, -0.15) is 0 Å². The minimum absolute atomic E-state index is 0.244. The van der Waals surface area contributed by atoms with Gasteiger partial charge in [0, 0.05) is 6.04 Å². The van der Waals surface area contributed by atoms with Crippen LogP contribution in [0.2, 0.25) is 0 Å². The quantitative estimate of drug-likeness (QED) is 0.833. The van der Waals surface area contributed by atoms with Gasteiger partial charge < -0.3 is 14.8 Å². The molecule has 20 heavy (non-hydrogen) atoms. The van der Waals surface area contributed by atoms with Crippen LogP contribution in [0.5, 0.6) is 11.5 Å². The van der Waals surface area contributed by atoms with E-state index in [0.29, 0.717) is 6.04 Å². The second kappa shape index (κ2) is 7.53. The third kappa shape index (κ3) is 3.89. The van der Waals surface area contributed by atoms with Gasteiger partial charge in [-0.1, -0.05) is 25.8 Å². The molecule has 1 aliphatic carbocycles. The molecule has 0 heterocycles. The molecule has 2 atom stereocenters. The Hall–Kier alpha value is -1.22. The molecule has 2 unspecified atom stereocenters.